The lowest BCUT2D eigenvalue weighted by Crippen LogP contribution is -2.74. The molecule has 70 heavy (non-hydrogen) atoms. The van der Waals surface area contributed by atoms with Crippen molar-refractivity contribution in [3.63, 3.8) is 0 Å². The van der Waals surface area contributed by atoms with Crippen LogP contribution in [0.5, 0.6) is 0 Å². The Bertz CT molecular complexity index is 4110. The third-order valence-electron chi connectivity index (χ3n) is 14.8. The zero-order valence-corrected chi connectivity index (χ0v) is 39.3. The molecule has 328 valence electrons. The average molecular weight is 908 g/mol. The number of hydrogen-bond donors (Lipinski definition) is 0. The summed E-state index contributed by atoms with van der Waals surface area (Å²) in [5.41, 5.74) is 12.8. The molecule has 0 unspecified atom stereocenters. The van der Waals surface area contributed by atoms with Crippen LogP contribution in [0, 0.1) is 0 Å². The number of nitrogens with zero attached hydrogens (tertiary/aromatic N) is 3. The topological polar surface area (TPSA) is 14.8 Å². The van der Waals surface area contributed by atoms with Gasteiger partial charge in [-0.05, 0) is 86.5 Å². The molecule has 11 aromatic carbocycles. The Labute approximate surface area is 407 Å². The third kappa shape index (κ3) is 6.00. The molecular weight excluding hydrogens is 863 g/mol. The van der Waals surface area contributed by atoms with E-state index in [1.807, 2.05) is 0 Å². The molecule has 0 saturated heterocycles. The van der Waals surface area contributed by atoms with E-state index >= 15 is 0 Å². The standard InChI is InChI=1S/C66H45N3Si/c1-5-20-46(21-6-1)47-36-38-48(39-37-47)67-60-32-16-13-30-56(60)57-42-40-49(44-64(57)67)68-65-45-53(70(50-22-7-2-8-23-50,51-24-9-3-10-25-51)52-26-11-4-12-27-52)41-43-58(65)59-31-19-35-63(66(59)68)69-61-33-17-14-28-54(61)55-29-15-18-34-62(55)69/h1-45H. The minimum Gasteiger partial charge on any atom is -0.309 e. The predicted molar refractivity (Wildman–Crippen MR) is 299 cm³/mol. The van der Waals surface area contributed by atoms with Crippen LogP contribution < -0.4 is 20.7 Å². The van der Waals surface area contributed by atoms with Crippen molar-refractivity contribution in [2.75, 3.05) is 0 Å². The van der Waals surface area contributed by atoms with Gasteiger partial charge in [-0.2, -0.15) is 0 Å². The van der Waals surface area contributed by atoms with E-state index in [1.165, 1.54) is 91.8 Å². The van der Waals surface area contributed by atoms with Gasteiger partial charge in [-0.15, -0.1) is 0 Å². The Kier molecular flexibility index (Phi) is 9.23. The van der Waals surface area contributed by atoms with Crippen LogP contribution in [0.3, 0.4) is 0 Å². The maximum absolute atomic E-state index is 2.90. The van der Waals surface area contributed by atoms with Crippen molar-refractivity contribution in [1.29, 1.82) is 0 Å². The number of aromatic nitrogens is 3. The molecule has 3 heterocycles. The largest absolute Gasteiger partial charge is 0.309 e. The Morgan fingerprint density at radius 2 is 0.643 bits per heavy atom. The van der Waals surface area contributed by atoms with Gasteiger partial charge in [0.1, 0.15) is 0 Å². The zero-order valence-electron chi connectivity index (χ0n) is 38.3. The second-order valence-corrected chi connectivity index (χ2v) is 22.2. The van der Waals surface area contributed by atoms with Crippen LogP contribution in [0.15, 0.2) is 273 Å². The number of para-hydroxylation sites is 4. The lowest BCUT2D eigenvalue weighted by Gasteiger charge is -2.34. The van der Waals surface area contributed by atoms with Crippen molar-refractivity contribution in [3.8, 4) is 28.2 Å². The van der Waals surface area contributed by atoms with E-state index in [0.29, 0.717) is 0 Å². The molecule has 0 fully saturated rings. The quantitative estimate of drug-likeness (QED) is 0.107. The predicted octanol–water partition coefficient (Wildman–Crippen LogP) is 14.0. The first-order valence-corrected chi connectivity index (χ1v) is 26.2. The minimum atomic E-state index is -2.90. The summed E-state index contributed by atoms with van der Waals surface area (Å²) in [5.74, 6) is 0. The molecule has 0 N–H and O–H groups in total. The second kappa shape index (κ2) is 16.1. The van der Waals surface area contributed by atoms with Crippen LogP contribution in [0.2, 0.25) is 0 Å². The van der Waals surface area contributed by atoms with Crippen molar-refractivity contribution in [2.24, 2.45) is 0 Å². The minimum absolute atomic E-state index is 1.11. The summed E-state index contributed by atoms with van der Waals surface area (Å²) in [4.78, 5) is 0. The Morgan fingerprint density at radius 3 is 1.21 bits per heavy atom. The van der Waals surface area contributed by atoms with E-state index < -0.39 is 8.07 Å². The van der Waals surface area contributed by atoms with E-state index in [0.717, 1.165) is 22.6 Å². The van der Waals surface area contributed by atoms with Crippen LogP contribution in [0.25, 0.3) is 93.6 Å². The zero-order chi connectivity index (χ0) is 46.2. The molecule has 3 nitrogen and oxygen atoms in total. The molecule has 0 aliphatic heterocycles. The van der Waals surface area contributed by atoms with E-state index in [9.17, 15) is 0 Å². The molecule has 4 heteroatoms. The molecule has 0 radical (unpaired) electrons. The van der Waals surface area contributed by atoms with E-state index in [4.69, 9.17) is 0 Å². The van der Waals surface area contributed by atoms with Gasteiger partial charge in [0.25, 0.3) is 0 Å². The van der Waals surface area contributed by atoms with Crippen molar-refractivity contribution >= 4 is 94.2 Å². The van der Waals surface area contributed by atoms with E-state index in [-0.39, 0.29) is 0 Å². The summed E-state index contributed by atoms with van der Waals surface area (Å²) in [6, 6.07) is 101. The van der Waals surface area contributed by atoms with Crippen LogP contribution in [-0.4, -0.2) is 21.8 Å². The van der Waals surface area contributed by atoms with Gasteiger partial charge in [0.15, 0.2) is 8.07 Å². The first-order chi connectivity index (χ1) is 34.8. The van der Waals surface area contributed by atoms with Crippen LogP contribution in [0.1, 0.15) is 0 Å². The van der Waals surface area contributed by atoms with Gasteiger partial charge >= 0.3 is 0 Å². The van der Waals surface area contributed by atoms with Gasteiger partial charge in [0.2, 0.25) is 0 Å². The molecule has 3 aromatic heterocycles. The van der Waals surface area contributed by atoms with Crippen molar-refractivity contribution in [1.82, 2.24) is 13.7 Å². The van der Waals surface area contributed by atoms with Crippen LogP contribution in [-0.2, 0) is 0 Å². The summed E-state index contributed by atoms with van der Waals surface area (Å²) < 4.78 is 7.52. The molecule has 0 spiro atoms. The second-order valence-electron chi connectivity index (χ2n) is 18.4. The highest BCUT2D eigenvalue weighted by atomic mass is 28.3. The van der Waals surface area contributed by atoms with Crippen LogP contribution >= 0.6 is 0 Å². The average Bonchev–Trinajstić information content (AvgIpc) is 4.08. The maximum atomic E-state index is 2.58. The molecule has 0 saturated carbocycles. The SMILES string of the molecule is c1ccc(-c2ccc(-n3c4ccccc4c4ccc(-n5c6cc([Si](c7ccccc7)(c7ccccc7)c7ccccc7)ccc6c6cccc(-n7c8ccccc8c8ccccc87)c65)cc43)cc2)cc1. The molecule has 0 bridgehead atoms. The Morgan fingerprint density at radius 1 is 0.229 bits per heavy atom. The number of rotatable bonds is 8. The number of hydrogen-bond acceptors (Lipinski definition) is 0. The number of fused-ring (bicyclic) bond motifs is 9. The fourth-order valence-electron chi connectivity index (χ4n) is 11.8. The first-order valence-electron chi connectivity index (χ1n) is 24.2. The summed E-state index contributed by atoms with van der Waals surface area (Å²) >= 11 is 0. The third-order valence-corrected chi connectivity index (χ3v) is 19.6. The highest BCUT2D eigenvalue weighted by Crippen LogP contribution is 2.41. The monoisotopic (exact) mass is 907 g/mol. The summed E-state index contributed by atoms with van der Waals surface area (Å²) in [6.07, 6.45) is 0. The first kappa shape index (κ1) is 40.1. The molecule has 0 aliphatic rings. The highest BCUT2D eigenvalue weighted by molar-refractivity contribution is 7.20. The van der Waals surface area contributed by atoms with Gasteiger partial charge in [-0.3, -0.25) is 0 Å². The van der Waals surface area contributed by atoms with Crippen molar-refractivity contribution in [3.05, 3.63) is 273 Å². The van der Waals surface area contributed by atoms with E-state index in [2.05, 4.69) is 287 Å². The normalized spacial score (nSPS) is 12.0. The van der Waals surface area contributed by atoms with Gasteiger partial charge in [-0.25, -0.2) is 0 Å². The van der Waals surface area contributed by atoms with Gasteiger partial charge < -0.3 is 13.7 Å². The molecule has 0 atom stereocenters. The van der Waals surface area contributed by atoms with Gasteiger partial charge in [0.05, 0.1) is 38.8 Å². The van der Waals surface area contributed by atoms with Crippen molar-refractivity contribution in [2.45, 2.75) is 0 Å². The Balaban J connectivity index is 1.11. The molecule has 0 aliphatic carbocycles. The van der Waals surface area contributed by atoms with Gasteiger partial charge in [-0.1, -0.05) is 218 Å². The summed E-state index contributed by atoms with van der Waals surface area (Å²) in [5, 5.41) is 12.8. The van der Waals surface area contributed by atoms with Crippen molar-refractivity contribution < 1.29 is 0 Å². The fraction of sp³-hybridized carbons (Fsp3) is 0. The number of benzene rings is 11. The summed E-state index contributed by atoms with van der Waals surface area (Å²) in [6.45, 7) is 0. The van der Waals surface area contributed by atoms with Crippen LogP contribution in [0.4, 0.5) is 0 Å². The molecule has 14 aromatic rings. The maximum Gasteiger partial charge on any atom is 0.179 e. The van der Waals surface area contributed by atoms with E-state index in [1.54, 1.807) is 0 Å². The lowest BCUT2D eigenvalue weighted by atomic mass is 10.1. The Hall–Kier alpha value is -8.96. The summed E-state index contributed by atoms with van der Waals surface area (Å²) in [7, 11) is -2.90. The molecule has 0 amide bonds. The lowest BCUT2D eigenvalue weighted by molar-refractivity contribution is 1.13. The molecule has 14 rings (SSSR count). The fourth-order valence-corrected chi connectivity index (χ4v) is 16.6. The highest BCUT2D eigenvalue weighted by Gasteiger charge is 2.41. The smallest absolute Gasteiger partial charge is 0.179 e. The molecular formula is C66H45N3Si. The van der Waals surface area contributed by atoms with Gasteiger partial charge in [0, 0.05) is 43.7 Å².